The molecule has 4 N–H and O–H groups in total. The Labute approximate surface area is 101 Å². The number of benzene rings is 1. The van der Waals surface area contributed by atoms with Crippen LogP contribution in [0.25, 0.3) is 0 Å². The van der Waals surface area contributed by atoms with Crippen molar-refractivity contribution >= 4 is 34.3 Å². The van der Waals surface area contributed by atoms with Gasteiger partial charge < -0.3 is 16.0 Å². The van der Waals surface area contributed by atoms with Gasteiger partial charge in [0, 0.05) is 16.1 Å². The van der Waals surface area contributed by atoms with Crippen molar-refractivity contribution in [1.29, 1.82) is 0 Å². The largest absolute Gasteiger partial charge is 0.397 e. The van der Waals surface area contributed by atoms with E-state index in [2.05, 4.69) is 10.3 Å². The summed E-state index contributed by atoms with van der Waals surface area (Å²) in [6, 6.07) is 5.25. The number of halogens is 1. The number of anilines is 2. The lowest BCUT2D eigenvalue weighted by atomic mass is 10.2. The Morgan fingerprint density at radius 3 is 2.94 bits per heavy atom. The van der Waals surface area contributed by atoms with Gasteiger partial charge in [-0.3, -0.25) is 4.79 Å². The van der Waals surface area contributed by atoms with E-state index >= 15 is 0 Å². The van der Waals surface area contributed by atoms with Crippen LogP contribution < -0.4 is 15.9 Å². The van der Waals surface area contributed by atoms with Crippen molar-refractivity contribution in [2.24, 2.45) is 0 Å². The highest BCUT2D eigenvalue weighted by atomic mass is 35.5. The first kappa shape index (κ1) is 11.0. The third-order valence-electron chi connectivity index (χ3n) is 2.05. The Balaban J connectivity index is 2.07. The lowest BCUT2D eigenvalue weighted by Gasteiger charge is -2.08. The Kier molecular flexibility index (Phi) is 3.17. The summed E-state index contributed by atoms with van der Waals surface area (Å²) in [4.78, 5) is 13.6. The number of nitrogens with one attached hydrogen (secondary N) is 2. The molecule has 0 aliphatic carbocycles. The summed E-state index contributed by atoms with van der Waals surface area (Å²) >= 11 is 6.93. The van der Waals surface area contributed by atoms with Gasteiger partial charge in [-0.25, -0.2) is 0 Å². The van der Waals surface area contributed by atoms with E-state index in [0.29, 0.717) is 17.3 Å². The van der Waals surface area contributed by atoms with Crippen molar-refractivity contribution in [3.8, 4) is 0 Å². The number of hydrogen-bond donors (Lipinski definition) is 3. The first-order valence-corrected chi connectivity index (χ1v) is 5.86. The molecule has 1 heterocycles. The van der Waals surface area contributed by atoms with Crippen molar-refractivity contribution in [2.75, 3.05) is 11.1 Å². The number of thiazole rings is 1. The molecule has 0 unspecified atom stereocenters. The van der Waals surface area contributed by atoms with Crippen LogP contribution in [0, 0.1) is 0 Å². The topological polar surface area (TPSA) is 70.9 Å². The van der Waals surface area contributed by atoms with Crippen LogP contribution in [0.1, 0.15) is 5.69 Å². The van der Waals surface area contributed by atoms with Crippen LogP contribution >= 0.6 is 22.9 Å². The number of nitrogens with two attached hydrogens (primary N) is 1. The Morgan fingerprint density at radius 2 is 2.31 bits per heavy atom. The summed E-state index contributed by atoms with van der Waals surface area (Å²) in [6.45, 7) is 0.532. The predicted molar refractivity (Wildman–Crippen MR) is 68.1 cm³/mol. The molecular formula is C10H10ClN3OS. The van der Waals surface area contributed by atoms with Gasteiger partial charge in [-0.1, -0.05) is 22.9 Å². The molecular weight excluding hydrogens is 246 g/mol. The standard InChI is InChI=1S/C10H10ClN3OS/c11-6-1-2-9(8(12)3-6)13-4-7-5-16-10(15)14-7/h1-3,5,13H,4,12H2,(H,14,15). The third kappa shape index (κ3) is 2.56. The van der Waals surface area contributed by atoms with Gasteiger partial charge in [0.25, 0.3) is 0 Å². The highest BCUT2D eigenvalue weighted by Crippen LogP contribution is 2.22. The molecule has 2 aromatic rings. The van der Waals surface area contributed by atoms with Crippen LogP contribution in [-0.2, 0) is 6.54 Å². The van der Waals surface area contributed by atoms with Gasteiger partial charge in [0.2, 0.25) is 0 Å². The first-order chi connectivity index (χ1) is 7.65. The second-order valence-electron chi connectivity index (χ2n) is 3.26. The number of aromatic nitrogens is 1. The number of nitrogen functional groups attached to an aromatic ring is 1. The fourth-order valence-electron chi connectivity index (χ4n) is 1.29. The molecule has 0 radical (unpaired) electrons. The molecule has 4 nitrogen and oxygen atoms in total. The molecule has 16 heavy (non-hydrogen) atoms. The van der Waals surface area contributed by atoms with Crippen LogP contribution in [0.5, 0.6) is 0 Å². The summed E-state index contributed by atoms with van der Waals surface area (Å²) in [7, 11) is 0. The average Bonchev–Trinajstić information content (AvgIpc) is 2.63. The lowest BCUT2D eigenvalue weighted by Crippen LogP contribution is -2.04. The molecule has 0 aliphatic heterocycles. The van der Waals surface area contributed by atoms with Gasteiger partial charge in [0.1, 0.15) is 0 Å². The minimum atomic E-state index is -0.0547. The molecule has 0 atom stereocenters. The Hall–Kier alpha value is -1.46. The van der Waals surface area contributed by atoms with E-state index in [0.717, 1.165) is 22.7 Å². The SMILES string of the molecule is Nc1cc(Cl)ccc1NCc1csc(=O)[nH]1. The molecule has 1 aromatic carbocycles. The van der Waals surface area contributed by atoms with Crippen LogP contribution in [0.4, 0.5) is 11.4 Å². The molecule has 1 aromatic heterocycles. The monoisotopic (exact) mass is 255 g/mol. The van der Waals surface area contributed by atoms with Crippen LogP contribution in [0.2, 0.25) is 5.02 Å². The van der Waals surface area contributed by atoms with Crippen molar-refractivity contribution in [3.63, 3.8) is 0 Å². The molecule has 0 saturated heterocycles. The van der Waals surface area contributed by atoms with Crippen molar-refractivity contribution in [3.05, 3.63) is 44.0 Å². The lowest BCUT2D eigenvalue weighted by molar-refractivity contribution is 1.06. The van der Waals surface area contributed by atoms with Gasteiger partial charge in [0.05, 0.1) is 17.9 Å². The molecule has 0 spiro atoms. The van der Waals surface area contributed by atoms with Crippen LogP contribution in [0.15, 0.2) is 28.4 Å². The maximum Gasteiger partial charge on any atom is 0.304 e. The van der Waals surface area contributed by atoms with E-state index in [1.807, 2.05) is 6.07 Å². The van der Waals surface area contributed by atoms with Crippen LogP contribution in [-0.4, -0.2) is 4.98 Å². The summed E-state index contributed by atoms with van der Waals surface area (Å²) in [5, 5.41) is 5.51. The van der Waals surface area contributed by atoms with Gasteiger partial charge in [-0.15, -0.1) is 0 Å². The summed E-state index contributed by atoms with van der Waals surface area (Å²) in [5.74, 6) is 0. The molecule has 0 amide bonds. The number of H-pyrrole nitrogens is 1. The zero-order valence-electron chi connectivity index (χ0n) is 8.29. The van der Waals surface area contributed by atoms with Crippen molar-refractivity contribution in [1.82, 2.24) is 4.98 Å². The highest BCUT2D eigenvalue weighted by molar-refractivity contribution is 7.07. The molecule has 84 valence electrons. The van der Waals surface area contributed by atoms with E-state index in [9.17, 15) is 4.79 Å². The highest BCUT2D eigenvalue weighted by Gasteiger charge is 2.01. The van der Waals surface area contributed by atoms with E-state index in [-0.39, 0.29) is 4.87 Å². The third-order valence-corrected chi connectivity index (χ3v) is 3.01. The molecule has 0 aliphatic rings. The predicted octanol–water partition coefficient (Wildman–Crippen LogP) is 2.28. The number of hydrogen-bond acceptors (Lipinski definition) is 4. The quantitative estimate of drug-likeness (QED) is 0.737. The normalized spacial score (nSPS) is 10.3. The Morgan fingerprint density at radius 1 is 1.50 bits per heavy atom. The van der Waals surface area contributed by atoms with E-state index in [1.54, 1.807) is 17.5 Å². The molecule has 6 heteroatoms. The maximum atomic E-state index is 10.9. The summed E-state index contributed by atoms with van der Waals surface area (Å²) in [5.41, 5.74) is 8.00. The minimum Gasteiger partial charge on any atom is -0.397 e. The van der Waals surface area contributed by atoms with Gasteiger partial charge in [-0.05, 0) is 18.2 Å². The van der Waals surface area contributed by atoms with E-state index < -0.39 is 0 Å². The van der Waals surface area contributed by atoms with Gasteiger partial charge >= 0.3 is 4.87 Å². The fraction of sp³-hybridized carbons (Fsp3) is 0.100. The van der Waals surface area contributed by atoms with Crippen molar-refractivity contribution < 1.29 is 0 Å². The summed E-state index contributed by atoms with van der Waals surface area (Å²) in [6.07, 6.45) is 0. The second kappa shape index (κ2) is 4.59. The van der Waals surface area contributed by atoms with E-state index in [4.69, 9.17) is 17.3 Å². The van der Waals surface area contributed by atoms with Crippen LogP contribution in [0.3, 0.4) is 0 Å². The first-order valence-electron chi connectivity index (χ1n) is 4.61. The molecule has 0 fully saturated rings. The maximum absolute atomic E-state index is 10.9. The fourth-order valence-corrected chi connectivity index (χ4v) is 2.05. The molecule has 2 rings (SSSR count). The second-order valence-corrected chi connectivity index (χ2v) is 4.54. The van der Waals surface area contributed by atoms with Gasteiger partial charge in [-0.2, -0.15) is 0 Å². The van der Waals surface area contributed by atoms with Crippen molar-refractivity contribution in [2.45, 2.75) is 6.54 Å². The average molecular weight is 256 g/mol. The number of rotatable bonds is 3. The zero-order valence-corrected chi connectivity index (χ0v) is 9.86. The Bertz CT molecular complexity index is 549. The van der Waals surface area contributed by atoms with E-state index in [1.165, 1.54) is 0 Å². The zero-order chi connectivity index (χ0) is 11.5. The minimum absolute atomic E-state index is 0.0547. The molecule has 0 bridgehead atoms. The molecule has 0 saturated carbocycles. The smallest absolute Gasteiger partial charge is 0.304 e. The summed E-state index contributed by atoms with van der Waals surface area (Å²) < 4.78 is 0. The van der Waals surface area contributed by atoms with Gasteiger partial charge in [0.15, 0.2) is 0 Å². The number of aromatic amines is 1.